The zero-order valence-electron chi connectivity index (χ0n) is 46.0. The quantitative estimate of drug-likeness (QED) is 0.0243. The van der Waals surface area contributed by atoms with E-state index in [2.05, 4.69) is 104 Å². The fraction of sp³-hybridized carbons (Fsp3) is 0.721. The summed E-state index contributed by atoms with van der Waals surface area (Å²) in [6.45, 7) is 4.70. The molecule has 0 rings (SSSR count). The van der Waals surface area contributed by atoms with E-state index in [1.807, 2.05) is 27.2 Å². The third kappa shape index (κ3) is 53.2. The molecule has 1 amide bonds. The maximum Gasteiger partial charge on any atom is 0.472 e. The largest absolute Gasteiger partial charge is 0.472 e. The number of phosphoric acid groups is 1. The maximum absolute atomic E-state index is 13.0. The zero-order chi connectivity index (χ0) is 51.3. The number of allylic oxidation sites excluding steroid dienone is 15. The number of rotatable bonds is 51. The number of aliphatic hydroxyl groups is 1. The summed E-state index contributed by atoms with van der Waals surface area (Å²) in [5, 5.41) is 13.9. The summed E-state index contributed by atoms with van der Waals surface area (Å²) in [6.07, 6.45) is 73.5. The summed E-state index contributed by atoms with van der Waals surface area (Å²) >= 11 is 0. The minimum absolute atomic E-state index is 0.0545. The first-order valence-corrected chi connectivity index (χ1v) is 30.1. The Hall–Kier alpha value is -2.58. The predicted molar refractivity (Wildman–Crippen MR) is 304 cm³/mol. The van der Waals surface area contributed by atoms with Gasteiger partial charge < -0.3 is 19.8 Å². The molecule has 3 N–H and O–H groups in total. The van der Waals surface area contributed by atoms with Crippen LogP contribution in [0.25, 0.3) is 0 Å². The molecule has 404 valence electrons. The van der Waals surface area contributed by atoms with E-state index in [-0.39, 0.29) is 19.1 Å². The van der Waals surface area contributed by atoms with Crippen LogP contribution in [0.3, 0.4) is 0 Å². The zero-order valence-corrected chi connectivity index (χ0v) is 46.9. The lowest BCUT2D eigenvalue weighted by Gasteiger charge is -2.25. The number of hydrogen-bond donors (Lipinski definition) is 3. The van der Waals surface area contributed by atoms with Gasteiger partial charge in [0.1, 0.15) is 13.2 Å². The van der Waals surface area contributed by atoms with Gasteiger partial charge in [0.15, 0.2) is 0 Å². The second-order valence-corrected chi connectivity index (χ2v) is 21.7. The van der Waals surface area contributed by atoms with Crippen LogP contribution >= 0.6 is 7.82 Å². The molecule has 0 aromatic rings. The highest BCUT2D eigenvalue weighted by atomic mass is 31.2. The van der Waals surface area contributed by atoms with E-state index in [4.69, 9.17) is 9.05 Å². The molecule has 9 heteroatoms. The highest BCUT2D eigenvalue weighted by molar-refractivity contribution is 7.47. The predicted octanol–water partition coefficient (Wildman–Crippen LogP) is 17.4. The molecule has 0 aromatic heterocycles. The Labute approximate surface area is 432 Å². The lowest BCUT2D eigenvalue weighted by molar-refractivity contribution is -0.870. The molecule has 0 spiro atoms. The molecule has 0 aromatic carbocycles. The maximum atomic E-state index is 13.0. The van der Waals surface area contributed by atoms with E-state index in [1.165, 1.54) is 116 Å². The van der Waals surface area contributed by atoms with Crippen LogP contribution in [0.15, 0.2) is 97.2 Å². The number of nitrogens with one attached hydrogen (secondary N) is 1. The lowest BCUT2D eigenvalue weighted by Crippen LogP contribution is -2.45. The number of carbonyl (C=O) groups is 1. The highest BCUT2D eigenvalue weighted by Crippen LogP contribution is 2.43. The average molecular weight is 999 g/mol. The molecule has 0 aliphatic carbocycles. The Balaban J connectivity index is 4.28. The lowest BCUT2D eigenvalue weighted by atomic mass is 10.0. The Morgan fingerprint density at radius 1 is 0.500 bits per heavy atom. The van der Waals surface area contributed by atoms with Gasteiger partial charge in [-0.2, -0.15) is 0 Å². The first kappa shape index (κ1) is 67.4. The molecule has 3 atom stereocenters. The van der Waals surface area contributed by atoms with Crippen molar-refractivity contribution in [3.8, 4) is 0 Å². The Kier molecular flexibility index (Phi) is 49.4. The molecule has 8 nitrogen and oxygen atoms in total. The number of amides is 1. The second kappa shape index (κ2) is 51.3. The van der Waals surface area contributed by atoms with E-state index < -0.39 is 20.0 Å². The summed E-state index contributed by atoms with van der Waals surface area (Å²) in [7, 11) is 1.55. The summed E-state index contributed by atoms with van der Waals surface area (Å²) in [5.41, 5.74) is 0. The van der Waals surface area contributed by atoms with Crippen molar-refractivity contribution in [3.05, 3.63) is 97.2 Å². The number of likely N-dealkylation sites (N-methyl/N-ethyl adjacent to an activating group) is 1. The van der Waals surface area contributed by atoms with E-state index in [9.17, 15) is 19.4 Å². The van der Waals surface area contributed by atoms with Gasteiger partial charge in [-0.1, -0.05) is 246 Å². The van der Waals surface area contributed by atoms with Crippen LogP contribution in [0.2, 0.25) is 0 Å². The molecule has 3 unspecified atom stereocenters. The van der Waals surface area contributed by atoms with Gasteiger partial charge in [-0.05, 0) is 77.0 Å². The van der Waals surface area contributed by atoms with Gasteiger partial charge in [0.05, 0.1) is 39.9 Å². The van der Waals surface area contributed by atoms with E-state index in [1.54, 1.807) is 6.08 Å². The smallest absolute Gasteiger partial charge is 0.387 e. The average Bonchev–Trinajstić information content (AvgIpc) is 3.32. The van der Waals surface area contributed by atoms with Crippen molar-refractivity contribution >= 4 is 13.7 Å². The molecule has 0 radical (unpaired) electrons. The molecule has 0 saturated carbocycles. The van der Waals surface area contributed by atoms with E-state index >= 15 is 0 Å². The first-order valence-electron chi connectivity index (χ1n) is 28.6. The van der Waals surface area contributed by atoms with Gasteiger partial charge in [0, 0.05) is 6.42 Å². The molecule has 70 heavy (non-hydrogen) atoms. The molecule has 0 aliphatic heterocycles. The standard InChI is InChI=1S/C61H109N2O6P/c1-6-8-10-12-14-16-18-20-22-24-26-27-28-29-30-31-32-33-34-35-37-39-41-43-45-47-49-51-53-55-61(65)62-59(58-69-70(66,67)68-57-56-63(3,4)5)60(64)54-52-50-48-46-44-42-40-38-36-25-23-21-19-17-15-13-11-9-7-2/h8,10,14,16,20,22,26-27,29-30,32-33,35,37,52,54,59-60,64H,6-7,9,11-13,15,17-19,21,23-25,28,31,34,36,38-51,53,55-58H2,1-5H3,(H-,62,65,66,67)/p+1/b10-8-,16-14-,22-20-,27-26-,30-29-,33-32-,37-35-,54-52+. The van der Waals surface area contributed by atoms with E-state index in [0.717, 1.165) is 96.3 Å². The van der Waals surface area contributed by atoms with Crippen molar-refractivity contribution in [1.29, 1.82) is 0 Å². The van der Waals surface area contributed by atoms with Crippen LogP contribution in [0, 0.1) is 0 Å². The van der Waals surface area contributed by atoms with Crippen LogP contribution in [0.1, 0.15) is 232 Å². The van der Waals surface area contributed by atoms with Crippen molar-refractivity contribution in [2.24, 2.45) is 0 Å². The molecule has 0 fully saturated rings. The summed E-state index contributed by atoms with van der Waals surface area (Å²) in [5.74, 6) is -0.191. The van der Waals surface area contributed by atoms with Crippen LogP contribution in [-0.2, 0) is 18.4 Å². The van der Waals surface area contributed by atoms with Gasteiger partial charge in [0.25, 0.3) is 0 Å². The number of aliphatic hydroxyl groups excluding tert-OH is 1. The number of unbranched alkanes of at least 4 members (excludes halogenated alkanes) is 24. The summed E-state index contributed by atoms with van der Waals surface area (Å²) in [4.78, 5) is 23.3. The number of carbonyl (C=O) groups excluding carboxylic acids is 1. The first-order chi connectivity index (χ1) is 34.0. The fourth-order valence-corrected chi connectivity index (χ4v) is 8.58. The SMILES string of the molecule is CC/C=C\C/C=C\C/C=C\C/C=C\C/C=C\C/C=C\C/C=C\CCCCCCCCCC(=O)NC(COP(=O)(O)OCC[N+](C)(C)C)C(O)/C=C/CCCCCCCCCCCCCCCCCCC. The van der Waals surface area contributed by atoms with Crippen molar-refractivity contribution < 1.29 is 32.9 Å². The molecule has 0 saturated heterocycles. The molecular weight excluding hydrogens is 888 g/mol. The van der Waals surface area contributed by atoms with E-state index in [0.29, 0.717) is 17.4 Å². The second-order valence-electron chi connectivity index (χ2n) is 20.3. The van der Waals surface area contributed by atoms with Gasteiger partial charge in [-0.15, -0.1) is 0 Å². The van der Waals surface area contributed by atoms with Crippen LogP contribution in [0.5, 0.6) is 0 Å². The minimum atomic E-state index is -4.36. The van der Waals surface area contributed by atoms with Crippen molar-refractivity contribution in [3.63, 3.8) is 0 Å². The van der Waals surface area contributed by atoms with Gasteiger partial charge in [0.2, 0.25) is 5.91 Å². The Morgan fingerprint density at radius 2 is 0.857 bits per heavy atom. The fourth-order valence-electron chi connectivity index (χ4n) is 7.85. The minimum Gasteiger partial charge on any atom is -0.387 e. The van der Waals surface area contributed by atoms with Gasteiger partial charge >= 0.3 is 7.82 Å². The number of nitrogens with zero attached hydrogens (tertiary/aromatic N) is 1. The molecule has 0 heterocycles. The van der Waals surface area contributed by atoms with Crippen LogP contribution in [-0.4, -0.2) is 73.4 Å². The Morgan fingerprint density at radius 3 is 1.26 bits per heavy atom. The monoisotopic (exact) mass is 998 g/mol. The number of quaternary nitrogens is 1. The number of hydrogen-bond acceptors (Lipinski definition) is 5. The highest BCUT2D eigenvalue weighted by Gasteiger charge is 2.27. The van der Waals surface area contributed by atoms with Crippen molar-refractivity contribution in [1.82, 2.24) is 5.32 Å². The summed E-state index contributed by atoms with van der Waals surface area (Å²) < 4.78 is 23.7. The third-order valence-corrected chi connectivity index (χ3v) is 13.3. The molecule has 0 bridgehead atoms. The topological polar surface area (TPSA) is 105 Å². The van der Waals surface area contributed by atoms with Gasteiger partial charge in [-0.25, -0.2) is 4.57 Å². The van der Waals surface area contributed by atoms with Crippen LogP contribution in [0.4, 0.5) is 0 Å². The number of phosphoric ester groups is 1. The normalized spacial score (nSPS) is 14.7. The van der Waals surface area contributed by atoms with Crippen molar-refractivity contribution in [2.45, 2.75) is 244 Å². The van der Waals surface area contributed by atoms with Crippen molar-refractivity contribution in [2.75, 3.05) is 40.9 Å². The third-order valence-electron chi connectivity index (χ3n) is 12.3. The Bertz CT molecular complexity index is 1460. The molecular formula is C61H110N2O6P+. The molecule has 0 aliphatic rings. The van der Waals surface area contributed by atoms with Crippen LogP contribution < -0.4 is 5.32 Å². The van der Waals surface area contributed by atoms with Gasteiger partial charge in [-0.3, -0.25) is 13.8 Å². The summed E-state index contributed by atoms with van der Waals surface area (Å²) in [6, 6.07) is -0.860.